The lowest BCUT2D eigenvalue weighted by Crippen LogP contribution is -2.36. The van der Waals surface area contributed by atoms with Crippen molar-refractivity contribution in [2.45, 2.75) is 44.2 Å². The van der Waals surface area contributed by atoms with E-state index < -0.39 is 16.0 Å². The second-order valence-corrected chi connectivity index (χ2v) is 10.6. The van der Waals surface area contributed by atoms with Crippen molar-refractivity contribution in [1.82, 2.24) is 5.32 Å². The van der Waals surface area contributed by atoms with Gasteiger partial charge in [-0.25, -0.2) is 8.42 Å². The zero-order valence-corrected chi connectivity index (χ0v) is 19.4. The van der Waals surface area contributed by atoms with Crippen LogP contribution in [0.4, 0.5) is 5.69 Å². The predicted molar refractivity (Wildman–Crippen MR) is 125 cm³/mol. The summed E-state index contributed by atoms with van der Waals surface area (Å²) in [6, 6.07) is 12.8. The Hall–Kier alpha value is -3.36. The topological polar surface area (TPSA) is 141 Å². The number of nitrogens with one attached hydrogen (secondary N) is 2. The summed E-state index contributed by atoms with van der Waals surface area (Å²) in [5.41, 5.74) is 10.2. The van der Waals surface area contributed by atoms with Crippen molar-refractivity contribution in [2.24, 2.45) is 17.0 Å². The number of nitrogens with zero attached hydrogens (tertiary/aromatic N) is 3. The molecule has 2 aromatic rings. The molecule has 0 saturated heterocycles. The van der Waals surface area contributed by atoms with Crippen LogP contribution >= 0.6 is 0 Å². The lowest BCUT2D eigenvalue weighted by atomic mass is 10.1. The van der Waals surface area contributed by atoms with Gasteiger partial charge in [0.1, 0.15) is 6.17 Å². The van der Waals surface area contributed by atoms with Crippen molar-refractivity contribution in [3.05, 3.63) is 70.1 Å². The normalized spacial score (nSPS) is 14.3. The predicted octanol–water partition coefficient (Wildman–Crippen LogP) is 4.07. The summed E-state index contributed by atoms with van der Waals surface area (Å²) in [4.78, 5) is 27.8. The maximum atomic E-state index is 12.4. The summed E-state index contributed by atoms with van der Waals surface area (Å²) in [7, 11) is -3.27. The smallest absolute Gasteiger partial charge is 0.251 e. The molecule has 1 aliphatic carbocycles. The molecule has 0 unspecified atom stereocenters. The van der Waals surface area contributed by atoms with Crippen LogP contribution in [0, 0.1) is 11.8 Å². The van der Waals surface area contributed by atoms with Crippen LogP contribution in [-0.2, 0) is 21.1 Å². The van der Waals surface area contributed by atoms with E-state index >= 15 is 0 Å². The first-order valence-corrected chi connectivity index (χ1v) is 12.4. The summed E-state index contributed by atoms with van der Waals surface area (Å²) < 4.78 is 24.7. The van der Waals surface area contributed by atoms with Gasteiger partial charge < -0.3 is 10.6 Å². The highest BCUT2D eigenvalue weighted by molar-refractivity contribution is 7.91. The number of hydrogen-bond acceptors (Lipinski definition) is 5. The zero-order chi connectivity index (χ0) is 24.0. The number of amides is 2. The van der Waals surface area contributed by atoms with Crippen molar-refractivity contribution in [3.63, 3.8) is 0 Å². The molecule has 0 heterocycles. The number of carbonyl (C=O) groups is 2. The molecule has 9 nitrogen and oxygen atoms in total. The Morgan fingerprint density at radius 1 is 1.09 bits per heavy atom. The summed E-state index contributed by atoms with van der Waals surface area (Å²) in [5.74, 6) is -0.235. The SMILES string of the molecule is CC(C)[C@H](N=[N+]=[N-])NC(=O)c1ccc(NC(=O)Cc2ccc(S(=O)(=O)CC3CC3)cc2)cc1. The van der Waals surface area contributed by atoms with Crippen LogP contribution in [-0.4, -0.2) is 32.2 Å². The minimum atomic E-state index is -3.27. The van der Waals surface area contributed by atoms with Gasteiger partial charge in [-0.15, -0.1) is 0 Å². The van der Waals surface area contributed by atoms with Crippen LogP contribution < -0.4 is 10.6 Å². The molecule has 10 heteroatoms. The van der Waals surface area contributed by atoms with Gasteiger partial charge in [-0.2, -0.15) is 0 Å². The molecule has 0 spiro atoms. The number of benzene rings is 2. The van der Waals surface area contributed by atoms with Crippen LogP contribution in [0.15, 0.2) is 58.5 Å². The average molecular weight is 470 g/mol. The monoisotopic (exact) mass is 469 g/mol. The quantitative estimate of drug-likeness (QED) is 0.307. The van der Waals surface area contributed by atoms with Gasteiger partial charge in [0.05, 0.1) is 17.1 Å². The third-order valence-electron chi connectivity index (χ3n) is 5.32. The lowest BCUT2D eigenvalue weighted by molar-refractivity contribution is -0.115. The van der Waals surface area contributed by atoms with E-state index in [1.165, 1.54) is 0 Å². The standard InChI is InChI=1S/C23H27N5O4S/c1-15(2)22(27-28-24)26-23(30)18-7-9-19(10-8-18)25-21(29)13-16-5-11-20(12-6-16)33(31,32)14-17-3-4-17/h5-12,15,17,22H,3-4,13-14H2,1-2H3,(H,25,29)(H,26,30)/t22-/m0/s1. The van der Waals surface area contributed by atoms with Gasteiger partial charge in [-0.05, 0) is 72.2 Å². The van der Waals surface area contributed by atoms with Gasteiger partial charge in [0.2, 0.25) is 5.91 Å². The molecule has 2 aromatic carbocycles. The molecular weight excluding hydrogens is 442 g/mol. The molecule has 1 atom stereocenters. The van der Waals surface area contributed by atoms with E-state index in [0.29, 0.717) is 16.8 Å². The van der Waals surface area contributed by atoms with E-state index in [-0.39, 0.29) is 40.7 Å². The molecule has 0 bridgehead atoms. The van der Waals surface area contributed by atoms with Crippen LogP contribution in [0.2, 0.25) is 0 Å². The van der Waals surface area contributed by atoms with Crippen LogP contribution in [0.25, 0.3) is 10.4 Å². The number of carbonyl (C=O) groups excluding carboxylic acids is 2. The zero-order valence-electron chi connectivity index (χ0n) is 18.6. The molecule has 33 heavy (non-hydrogen) atoms. The molecule has 0 aromatic heterocycles. The Kier molecular flexibility index (Phi) is 7.73. The fourth-order valence-corrected chi connectivity index (χ4v) is 4.90. The third-order valence-corrected chi connectivity index (χ3v) is 7.22. The molecule has 0 radical (unpaired) electrons. The Morgan fingerprint density at radius 2 is 1.73 bits per heavy atom. The minimum Gasteiger partial charge on any atom is -0.343 e. The fraction of sp³-hybridized carbons (Fsp3) is 0.391. The fourth-order valence-electron chi connectivity index (χ4n) is 3.20. The van der Waals surface area contributed by atoms with Crippen LogP contribution in [0.5, 0.6) is 0 Å². The molecule has 0 aliphatic heterocycles. The highest BCUT2D eigenvalue weighted by Crippen LogP contribution is 2.32. The molecule has 2 amide bonds. The summed E-state index contributed by atoms with van der Waals surface area (Å²) in [5, 5.41) is 9.00. The van der Waals surface area contributed by atoms with Gasteiger partial charge in [0, 0.05) is 16.2 Å². The first-order chi connectivity index (χ1) is 15.7. The molecule has 2 N–H and O–H groups in total. The Balaban J connectivity index is 1.55. The van der Waals surface area contributed by atoms with E-state index in [1.807, 2.05) is 13.8 Å². The van der Waals surface area contributed by atoms with E-state index in [0.717, 1.165) is 12.8 Å². The Labute approximate surface area is 193 Å². The molecular formula is C23H27N5O4S. The summed E-state index contributed by atoms with van der Waals surface area (Å²) >= 11 is 0. The van der Waals surface area contributed by atoms with Crippen LogP contribution in [0.1, 0.15) is 42.6 Å². The first-order valence-electron chi connectivity index (χ1n) is 10.7. The highest BCUT2D eigenvalue weighted by atomic mass is 32.2. The maximum Gasteiger partial charge on any atom is 0.251 e. The van der Waals surface area contributed by atoms with Crippen LogP contribution in [0.3, 0.4) is 0 Å². The minimum absolute atomic E-state index is 0.0595. The molecule has 174 valence electrons. The Bertz CT molecular complexity index is 1150. The van der Waals surface area contributed by atoms with Gasteiger partial charge in [0.25, 0.3) is 5.91 Å². The second kappa shape index (κ2) is 10.5. The molecule has 3 rings (SSSR count). The van der Waals surface area contributed by atoms with E-state index in [4.69, 9.17) is 5.53 Å². The molecule has 1 saturated carbocycles. The maximum absolute atomic E-state index is 12.4. The number of anilines is 1. The van der Waals surface area contributed by atoms with Crippen molar-refractivity contribution < 1.29 is 18.0 Å². The van der Waals surface area contributed by atoms with Crippen molar-refractivity contribution in [3.8, 4) is 0 Å². The van der Waals surface area contributed by atoms with Crippen molar-refractivity contribution in [1.29, 1.82) is 0 Å². The van der Waals surface area contributed by atoms with Crippen molar-refractivity contribution in [2.75, 3.05) is 11.1 Å². The number of hydrogen-bond donors (Lipinski definition) is 2. The first kappa shape index (κ1) is 24.3. The largest absolute Gasteiger partial charge is 0.343 e. The van der Waals surface area contributed by atoms with Crippen molar-refractivity contribution >= 4 is 27.3 Å². The number of rotatable bonds is 10. The average Bonchev–Trinajstić information content (AvgIpc) is 3.57. The Morgan fingerprint density at radius 3 is 2.27 bits per heavy atom. The summed E-state index contributed by atoms with van der Waals surface area (Å²) in [6.45, 7) is 3.66. The van der Waals surface area contributed by atoms with Gasteiger partial charge in [0.15, 0.2) is 9.84 Å². The van der Waals surface area contributed by atoms with E-state index in [1.54, 1.807) is 48.5 Å². The van der Waals surface area contributed by atoms with Gasteiger partial charge in [-0.1, -0.05) is 31.1 Å². The lowest BCUT2D eigenvalue weighted by Gasteiger charge is -2.17. The van der Waals surface area contributed by atoms with Gasteiger partial charge >= 0.3 is 0 Å². The molecule has 1 fully saturated rings. The molecule has 1 aliphatic rings. The number of sulfone groups is 1. The van der Waals surface area contributed by atoms with E-state index in [9.17, 15) is 18.0 Å². The van der Waals surface area contributed by atoms with Gasteiger partial charge in [-0.3, -0.25) is 9.59 Å². The third kappa shape index (κ3) is 7.06. The summed E-state index contributed by atoms with van der Waals surface area (Å²) in [6.07, 6.45) is 1.37. The highest BCUT2D eigenvalue weighted by Gasteiger charge is 2.29. The second-order valence-electron chi connectivity index (χ2n) is 8.54. The number of azide groups is 1. The van der Waals surface area contributed by atoms with E-state index in [2.05, 4.69) is 20.7 Å².